The number of para-hydroxylation sites is 1. The summed E-state index contributed by atoms with van der Waals surface area (Å²) in [4.78, 5) is 23.7. The third-order valence-corrected chi connectivity index (χ3v) is 5.68. The van der Waals surface area contributed by atoms with Crippen molar-refractivity contribution in [2.75, 3.05) is 49.1 Å². The molecule has 0 spiro atoms. The first-order chi connectivity index (χ1) is 11.8. The fraction of sp³-hybridized carbons (Fsp3) is 0.444. The standard InChI is InChI=1S/C18H22N4OS/c23-17(14-22-10-6-15-4-1-2-5-16(15)22)20-8-3-9-21(12-11-20)18-19-7-13-24-18/h1-2,4-5,7,13H,3,6,8-12,14H2. The van der Waals surface area contributed by atoms with E-state index in [9.17, 15) is 4.79 Å². The van der Waals surface area contributed by atoms with Crippen molar-refractivity contribution < 1.29 is 4.79 Å². The number of thiazole rings is 1. The van der Waals surface area contributed by atoms with Gasteiger partial charge in [-0.25, -0.2) is 4.98 Å². The summed E-state index contributed by atoms with van der Waals surface area (Å²) in [6, 6.07) is 8.42. The number of fused-ring (bicyclic) bond motifs is 1. The Bertz CT molecular complexity index is 703. The van der Waals surface area contributed by atoms with Gasteiger partial charge in [-0.3, -0.25) is 4.79 Å². The first kappa shape index (κ1) is 15.4. The predicted octanol–water partition coefficient (Wildman–Crippen LogP) is 2.24. The van der Waals surface area contributed by atoms with E-state index in [0.29, 0.717) is 6.54 Å². The molecular formula is C18H22N4OS. The minimum absolute atomic E-state index is 0.243. The molecule has 1 saturated heterocycles. The zero-order valence-corrected chi connectivity index (χ0v) is 14.5. The zero-order valence-electron chi connectivity index (χ0n) is 13.7. The third kappa shape index (κ3) is 3.11. The fourth-order valence-corrected chi connectivity index (χ4v) is 4.26. The second-order valence-corrected chi connectivity index (χ2v) is 7.21. The van der Waals surface area contributed by atoms with E-state index >= 15 is 0 Å². The molecule has 3 heterocycles. The van der Waals surface area contributed by atoms with Crippen molar-refractivity contribution >= 4 is 28.1 Å². The summed E-state index contributed by atoms with van der Waals surface area (Å²) in [7, 11) is 0. The summed E-state index contributed by atoms with van der Waals surface area (Å²) in [6.45, 7) is 4.92. The first-order valence-corrected chi connectivity index (χ1v) is 9.44. The maximum Gasteiger partial charge on any atom is 0.242 e. The average Bonchev–Trinajstić information content (AvgIpc) is 3.20. The lowest BCUT2D eigenvalue weighted by molar-refractivity contribution is -0.129. The Morgan fingerprint density at radius 3 is 2.92 bits per heavy atom. The summed E-state index contributed by atoms with van der Waals surface area (Å²) in [6.07, 6.45) is 3.89. The predicted molar refractivity (Wildman–Crippen MR) is 97.9 cm³/mol. The number of aromatic nitrogens is 1. The van der Waals surface area contributed by atoms with Gasteiger partial charge in [-0.15, -0.1) is 11.3 Å². The highest BCUT2D eigenvalue weighted by Gasteiger charge is 2.25. The lowest BCUT2D eigenvalue weighted by Gasteiger charge is -2.25. The average molecular weight is 342 g/mol. The van der Waals surface area contributed by atoms with E-state index < -0.39 is 0 Å². The molecule has 0 radical (unpaired) electrons. The summed E-state index contributed by atoms with van der Waals surface area (Å²) in [5, 5.41) is 3.08. The molecule has 0 atom stereocenters. The maximum absolute atomic E-state index is 12.8. The van der Waals surface area contributed by atoms with Crippen LogP contribution in [0.3, 0.4) is 0 Å². The van der Waals surface area contributed by atoms with Crippen LogP contribution in [0, 0.1) is 0 Å². The fourth-order valence-electron chi connectivity index (χ4n) is 3.56. The lowest BCUT2D eigenvalue weighted by atomic mass is 10.2. The molecule has 1 amide bonds. The van der Waals surface area contributed by atoms with Crippen molar-refractivity contribution in [3.63, 3.8) is 0 Å². The second kappa shape index (κ2) is 6.81. The summed E-state index contributed by atoms with van der Waals surface area (Å²) in [5.41, 5.74) is 2.58. The van der Waals surface area contributed by atoms with E-state index in [2.05, 4.69) is 39.0 Å². The Labute approximate surface area is 146 Å². The van der Waals surface area contributed by atoms with Crippen molar-refractivity contribution in [1.29, 1.82) is 0 Å². The van der Waals surface area contributed by atoms with Crippen LogP contribution in [-0.4, -0.2) is 55.1 Å². The van der Waals surface area contributed by atoms with Crippen molar-refractivity contribution in [1.82, 2.24) is 9.88 Å². The molecule has 1 fully saturated rings. The van der Waals surface area contributed by atoms with Crippen molar-refractivity contribution in [3.05, 3.63) is 41.4 Å². The number of rotatable bonds is 3. The number of nitrogens with zero attached hydrogens (tertiary/aromatic N) is 4. The lowest BCUT2D eigenvalue weighted by Crippen LogP contribution is -2.41. The van der Waals surface area contributed by atoms with Gasteiger partial charge in [-0.2, -0.15) is 0 Å². The van der Waals surface area contributed by atoms with Gasteiger partial charge in [0.05, 0.1) is 6.54 Å². The Hall–Kier alpha value is -2.08. The molecular weight excluding hydrogens is 320 g/mol. The number of hydrogen-bond donors (Lipinski definition) is 0. The Morgan fingerprint density at radius 2 is 2.04 bits per heavy atom. The van der Waals surface area contributed by atoms with Gasteiger partial charge < -0.3 is 14.7 Å². The highest BCUT2D eigenvalue weighted by molar-refractivity contribution is 7.13. The monoisotopic (exact) mass is 342 g/mol. The molecule has 5 nitrogen and oxygen atoms in total. The molecule has 4 rings (SSSR count). The highest BCUT2D eigenvalue weighted by Crippen LogP contribution is 2.27. The molecule has 0 aliphatic carbocycles. The smallest absolute Gasteiger partial charge is 0.242 e. The third-order valence-electron chi connectivity index (χ3n) is 4.85. The highest BCUT2D eigenvalue weighted by atomic mass is 32.1. The van der Waals surface area contributed by atoms with Crippen LogP contribution in [0.5, 0.6) is 0 Å². The maximum atomic E-state index is 12.8. The van der Waals surface area contributed by atoms with E-state index in [-0.39, 0.29) is 5.91 Å². The van der Waals surface area contributed by atoms with Gasteiger partial charge in [0.15, 0.2) is 5.13 Å². The van der Waals surface area contributed by atoms with Gasteiger partial charge in [0.1, 0.15) is 0 Å². The molecule has 24 heavy (non-hydrogen) atoms. The topological polar surface area (TPSA) is 39.7 Å². The van der Waals surface area contributed by atoms with Gasteiger partial charge in [0.2, 0.25) is 5.91 Å². The van der Waals surface area contributed by atoms with Crippen LogP contribution >= 0.6 is 11.3 Å². The van der Waals surface area contributed by atoms with Crippen LogP contribution in [0.15, 0.2) is 35.8 Å². The second-order valence-electron chi connectivity index (χ2n) is 6.34. The molecule has 1 aromatic carbocycles. The number of anilines is 2. The van der Waals surface area contributed by atoms with Gasteiger partial charge >= 0.3 is 0 Å². The minimum Gasteiger partial charge on any atom is -0.362 e. The van der Waals surface area contributed by atoms with Crippen molar-refractivity contribution in [2.24, 2.45) is 0 Å². The molecule has 6 heteroatoms. The van der Waals surface area contributed by atoms with E-state index in [1.54, 1.807) is 11.3 Å². The Balaban J connectivity index is 1.37. The zero-order chi connectivity index (χ0) is 16.4. The molecule has 126 valence electrons. The van der Waals surface area contributed by atoms with Crippen LogP contribution in [0.1, 0.15) is 12.0 Å². The largest absolute Gasteiger partial charge is 0.362 e. The summed E-state index contributed by atoms with van der Waals surface area (Å²) >= 11 is 1.67. The van der Waals surface area contributed by atoms with Crippen LogP contribution in [0.4, 0.5) is 10.8 Å². The van der Waals surface area contributed by atoms with Crippen LogP contribution < -0.4 is 9.80 Å². The number of carbonyl (C=O) groups excluding carboxylic acids is 1. The Morgan fingerprint density at radius 1 is 1.12 bits per heavy atom. The normalized spacial score (nSPS) is 17.8. The first-order valence-electron chi connectivity index (χ1n) is 8.56. The van der Waals surface area contributed by atoms with Gasteiger partial charge in [-0.05, 0) is 24.5 Å². The van der Waals surface area contributed by atoms with E-state index in [0.717, 1.165) is 50.7 Å². The molecule has 0 saturated carbocycles. The summed E-state index contributed by atoms with van der Waals surface area (Å²) in [5.74, 6) is 0.243. The SMILES string of the molecule is O=C(CN1CCc2ccccc21)N1CCCN(c2nccs2)CC1. The molecule has 2 aliphatic rings. The summed E-state index contributed by atoms with van der Waals surface area (Å²) < 4.78 is 0. The van der Waals surface area contributed by atoms with E-state index in [1.165, 1.54) is 11.3 Å². The number of carbonyl (C=O) groups is 1. The quantitative estimate of drug-likeness (QED) is 0.858. The molecule has 0 unspecified atom stereocenters. The Kier molecular flexibility index (Phi) is 4.38. The molecule has 0 bridgehead atoms. The van der Waals surface area contributed by atoms with Crippen molar-refractivity contribution in [2.45, 2.75) is 12.8 Å². The van der Waals surface area contributed by atoms with Gasteiger partial charge in [0, 0.05) is 50.0 Å². The number of hydrogen-bond acceptors (Lipinski definition) is 5. The van der Waals surface area contributed by atoms with E-state index in [1.807, 2.05) is 16.5 Å². The molecule has 2 aromatic rings. The van der Waals surface area contributed by atoms with Crippen molar-refractivity contribution in [3.8, 4) is 0 Å². The van der Waals surface area contributed by atoms with Crippen LogP contribution in [0.25, 0.3) is 0 Å². The van der Waals surface area contributed by atoms with Crippen LogP contribution in [-0.2, 0) is 11.2 Å². The van der Waals surface area contributed by atoms with E-state index in [4.69, 9.17) is 0 Å². The van der Waals surface area contributed by atoms with Gasteiger partial charge in [0.25, 0.3) is 0 Å². The minimum atomic E-state index is 0.243. The molecule has 1 aromatic heterocycles. The molecule has 2 aliphatic heterocycles. The molecule has 0 N–H and O–H groups in total. The number of benzene rings is 1. The van der Waals surface area contributed by atoms with Crippen LogP contribution in [0.2, 0.25) is 0 Å². The number of amides is 1. The van der Waals surface area contributed by atoms with Gasteiger partial charge in [-0.1, -0.05) is 18.2 Å².